The van der Waals surface area contributed by atoms with Crippen LogP contribution >= 0.6 is 0 Å². The highest BCUT2D eigenvalue weighted by Gasteiger charge is 2.80. The summed E-state index contributed by atoms with van der Waals surface area (Å²) in [4.78, 5) is 83.6. The molecule has 3 fully saturated rings. The van der Waals surface area contributed by atoms with Gasteiger partial charge in [0.15, 0.2) is 23.6 Å². The number of esters is 4. The Kier molecular flexibility index (Phi) is 12.0. The second kappa shape index (κ2) is 16.7. The van der Waals surface area contributed by atoms with Crippen LogP contribution in [0.15, 0.2) is 102 Å². The Morgan fingerprint density at radius 3 is 1.92 bits per heavy atom. The van der Waals surface area contributed by atoms with Gasteiger partial charge in [-0.3, -0.25) is 19.2 Å². The largest absolute Gasteiger partial charge is 0.456 e. The average Bonchev–Trinajstić information content (AvgIpc) is 3.24. The molecule has 2 bridgehead atoms. The van der Waals surface area contributed by atoms with Gasteiger partial charge in [-0.2, -0.15) is 0 Å². The Bertz CT molecular complexity index is 2320. The minimum atomic E-state index is -2.48. The molecule has 3 aromatic rings. The summed E-state index contributed by atoms with van der Waals surface area (Å²) in [5.41, 5.74) is -7.98. The van der Waals surface area contributed by atoms with E-state index in [1.165, 1.54) is 39.8 Å². The van der Waals surface area contributed by atoms with Crippen LogP contribution in [0, 0.1) is 16.7 Å². The molecule has 16 nitrogen and oxygen atoms in total. The number of carbonyl (C=O) groups is 6. The minimum Gasteiger partial charge on any atom is -0.456 e. The highest BCUT2D eigenvalue weighted by Crippen LogP contribution is 2.64. The molecular weight excluding hydrogens is 819 g/mol. The molecule has 1 saturated heterocycles. The Balaban J connectivity index is 1.40. The van der Waals surface area contributed by atoms with Gasteiger partial charge in [0, 0.05) is 31.2 Å². The van der Waals surface area contributed by atoms with Crippen molar-refractivity contribution >= 4 is 35.6 Å². The zero-order valence-electron chi connectivity index (χ0n) is 35.6. The number of aliphatic hydroxyl groups excluding tert-OH is 3. The van der Waals surface area contributed by atoms with Crippen molar-refractivity contribution in [3.63, 3.8) is 0 Å². The van der Waals surface area contributed by atoms with Gasteiger partial charge in [0.2, 0.25) is 0 Å². The van der Waals surface area contributed by atoms with Crippen LogP contribution < -0.4 is 5.32 Å². The Hall–Kier alpha value is -5.78. The maximum absolute atomic E-state index is 15.5. The van der Waals surface area contributed by atoms with E-state index in [1.807, 2.05) is 0 Å². The molecule has 63 heavy (non-hydrogen) atoms. The number of amides is 1. The summed E-state index contributed by atoms with van der Waals surface area (Å²) in [6, 6.07) is 22.6. The van der Waals surface area contributed by atoms with E-state index in [9.17, 15) is 44.4 Å². The van der Waals surface area contributed by atoms with E-state index in [2.05, 4.69) is 5.32 Å². The van der Waals surface area contributed by atoms with Crippen molar-refractivity contribution in [2.75, 3.05) is 6.61 Å². The van der Waals surface area contributed by atoms with Crippen LogP contribution in [-0.4, -0.2) is 117 Å². The number of fused-ring (bicyclic) bond motifs is 5. The van der Waals surface area contributed by atoms with E-state index >= 15 is 4.79 Å². The number of benzene rings is 3. The molecule has 3 aromatic carbocycles. The standard InChI is InChI=1S/C47H51NO15/c1-24-30(61-43(57)33(51)32(27-16-10-7-11-17-27)48-41(55)28-18-12-8-13-19-28)22-47(58)40(62-42(56)29-20-14-9-15-21-29)36-45(6,38(54)35(60-25(2)49)31(24)44(47,4)5)37(53)34(52)39-46(36,23-59-39)63-26(3)50/h7-21,30,32-37,39-40,51-53,58H,22-23H2,1-6H3,(H,48,55)/t30-,32+,33-,34+,35-,36+,37+,39-,40-,45-,46-,47+/m1/s1. The van der Waals surface area contributed by atoms with Crippen molar-refractivity contribution in [2.45, 2.75) is 108 Å². The summed E-state index contributed by atoms with van der Waals surface area (Å²) in [5, 5.41) is 51.8. The van der Waals surface area contributed by atoms with Gasteiger partial charge >= 0.3 is 23.9 Å². The lowest BCUT2D eigenvalue weighted by molar-refractivity contribution is -0.369. The normalized spacial score (nSPS) is 32.7. The molecule has 2 saturated carbocycles. The van der Waals surface area contributed by atoms with Gasteiger partial charge in [-0.05, 0) is 54.8 Å². The number of aliphatic hydroxyl groups is 4. The molecule has 12 atom stereocenters. The number of hydrogen-bond donors (Lipinski definition) is 5. The molecule has 1 heterocycles. The number of hydrogen-bond acceptors (Lipinski definition) is 15. The van der Waals surface area contributed by atoms with Gasteiger partial charge in [0.25, 0.3) is 5.91 Å². The first-order chi connectivity index (χ1) is 29.7. The quantitative estimate of drug-likeness (QED) is 0.112. The highest BCUT2D eigenvalue weighted by molar-refractivity contribution is 5.96. The average molecular weight is 870 g/mol. The van der Waals surface area contributed by atoms with E-state index in [1.54, 1.807) is 78.9 Å². The third-order valence-corrected chi connectivity index (χ3v) is 13.5. The maximum Gasteiger partial charge on any atom is 0.338 e. The Labute approximate surface area is 363 Å². The van der Waals surface area contributed by atoms with E-state index in [0.717, 1.165) is 13.8 Å². The molecule has 0 aromatic heterocycles. The zero-order valence-corrected chi connectivity index (χ0v) is 35.6. The molecule has 5 N–H and O–H groups in total. The summed E-state index contributed by atoms with van der Waals surface area (Å²) >= 11 is 0. The van der Waals surface area contributed by atoms with Gasteiger partial charge in [-0.15, -0.1) is 0 Å². The number of ether oxygens (including phenoxy) is 5. The second-order valence-corrected chi connectivity index (χ2v) is 17.5. The van der Waals surface area contributed by atoms with Gasteiger partial charge in [0.05, 0.1) is 35.6 Å². The molecule has 0 radical (unpaired) electrons. The van der Waals surface area contributed by atoms with Crippen LogP contribution in [0.3, 0.4) is 0 Å². The van der Waals surface area contributed by atoms with Crippen molar-refractivity contribution in [1.29, 1.82) is 0 Å². The maximum atomic E-state index is 15.5. The molecular formula is C47H51NO15. The van der Waals surface area contributed by atoms with Gasteiger partial charge < -0.3 is 49.4 Å². The van der Waals surface area contributed by atoms with Crippen molar-refractivity contribution in [3.05, 3.63) is 119 Å². The van der Waals surface area contributed by atoms with Crippen LogP contribution in [0.5, 0.6) is 0 Å². The van der Waals surface area contributed by atoms with Crippen LogP contribution in [0.4, 0.5) is 0 Å². The van der Waals surface area contributed by atoms with Crippen LogP contribution in [0.25, 0.3) is 0 Å². The van der Waals surface area contributed by atoms with E-state index < -0.39 is 125 Å². The molecule has 0 unspecified atom stereocenters. The molecule has 3 aliphatic carbocycles. The third kappa shape index (κ3) is 7.42. The fraction of sp³-hybridized carbons (Fsp3) is 0.447. The topological polar surface area (TPSA) is 242 Å². The summed E-state index contributed by atoms with van der Waals surface area (Å²) in [6.07, 6.45) is -13.5. The molecule has 334 valence electrons. The number of ketones is 1. The number of rotatable bonds is 10. The number of carbonyl (C=O) groups excluding carboxylic acids is 6. The van der Waals surface area contributed by atoms with Crippen molar-refractivity contribution in [3.8, 4) is 0 Å². The zero-order chi connectivity index (χ0) is 45.8. The first-order valence-corrected chi connectivity index (χ1v) is 20.6. The predicted octanol–water partition coefficient (Wildman–Crippen LogP) is 2.71. The molecule has 1 amide bonds. The fourth-order valence-corrected chi connectivity index (χ4v) is 10.3. The number of nitrogens with one attached hydrogen (secondary N) is 1. The van der Waals surface area contributed by atoms with E-state index in [-0.39, 0.29) is 22.3 Å². The summed E-state index contributed by atoms with van der Waals surface area (Å²) in [7, 11) is 0. The van der Waals surface area contributed by atoms with E-state index in [4.69, 9.17) is 23.7 Å². The predicted molar refractivity (Wildman–Crippen MR) is 219 cm³/mol. The molecule has 7 rings (SSSR count). The van der Waals surface area contributed by atoms with Crippen molar-refractivity contribution < 1.29 is 72.9 Å². The van der Waals surface area contributed by atoms with Crippen molar-refractivity contribution in [1.82, 2.24) is 5.32 Å². The van der Waals surface area contributed by atoms with Gasteiger partial charge in [-0.1, -0.05) is 80.6 Å². The van der Waals surface area contributed by atoms with E-state index in [0.29, 0.717) is 5.56 Å². The summed E-state index contributed by atoms with van der Waals surface area (Å²) < 4.78 is 29.9. The van der Waals surface area contributed by atoms with Gasteiger partial charge in [-0.25, -0.2) is 9.59 Å². The number of Topliss-reactive ketones (excluding diaryl/α,β-unsaturated/α-hetero) is 1. The molecule has 0 spiro atoms. The van der Waals surface area contributed by atoms with Gasteiger partial charge in [0.1, 0.15) is 30.0 Å². The monoisotopic (exact) mass is 869 g/mol. The first kappa shape index (κ1) is 45.3. The van der Waals surface area contributed by atoms with Crippen molar-refractivity contribution in [2.24, 2.45) is 16.7 Å². The Morgan fingerprint density at radius 1 is 0.810 bits per heavy atom. The lowest BCUT2D eigenvalue weighted by Gasteiger charge is -2.68. The first-order valence-electron chi connectivity index (χ1n) is 20.6. The lowest BCUT2D eigenvalue weighted by atomic mass is 9.44. The van der Waals surface area contributed by atoms with Crippen LogP contribution in [0.2, 0.25) is 0 Å². The van der Waals surface area contributed by atoms with Crippen LogP contribution in [0.1, 0.15) is 80.3 Å². The summed E-state index contributed by atoms with van der Waals surface area (Å²) in [5.74, 6) is -7.48. The lowest BCUT2D eigenvalue weighted by Crippen LogP contribution is -2.85. The molecule has 16 heteroatoms. The molecule has 1 aliphatic heterocycles. The fourth-order valence-electron chi connectivity index (χ4n) is 10.3. The smallest absolute Gasteiger partial charge is 0.338 e. The highest BCUT2D eigenvalue weighted by atomic mass is 16.6. The molecule has 4 aliphatic rings. The summed E-state index contributed by atoms with van der Waals surface area (Å²) in [6.45, 7) is 7.39. The second-order valence-electron chi connectivity index (χ2n) is 17.5. The van der Waals surface area contributed by atoms with Crippen LogP contribution in [-0.2, 0) is 42.9 Å². The Morgan fingerprint density at radius 2 is 1.38 bits per heavy atom. The SMILES string of the molecule is CC(=O)O[C@H]1C(=O)[C@]2(C)[C@H]([C@@H](OC(=O)c3ccccc3)[C@@]3(O)C[C@@H](OC(=O)[C@H](O)[C@@H](NC(=O)c4ccccc4)c4ccccc4)C(C)=C1C3(C)C)[C@]1(OC(C)=O)CO[C@@H]1[C@@H](O)[C@@H]2O. The third-order valence-electron chi connectivity index (χ3n) is 13.5. The minimum absolute atomic E-state index is 0.0180.